The molecular formula is C25H37N3O3S. The smallest absolute Gasteiger partial charge is 0.347 e. The summed E-state index contributed by atoms with van der Waals surface area (Å²) in [5.74, 6) is -0.458. The summed E-state index contributed by atoms with van der Waals surface area (Å²) in [6.07, 6.45) is 11.7. The second kappa shape index (κ2) is 14.4. The van der Waals surface area contributed by atoms with Gasteiger partial charge in [-0.2, -0.15) is 0 Å². The van der Waals surface area contributed by atoms with Gasteiger partial charge in [-0.3, -0.25) is 4.99 Å². The third kappa shape index (κ3) is 11.1. The fourth-order valence-electron chi connectivity index (χ4n) is 2.43. The molecule has 1 aromatic rings. The minimum atomic E-state index is -1.25. The van der Waals surface area contributed by atoms with Crippen molar-refractivity contribution < 1.29 is 14.6 Å². The van der Waals surface area contributed by atoms with Crippen LogP contribution in [0.5, 0.6) is 5.75 Å². The van der Waals surface area contributed by atoms with E-state index in [1.807, 2.05) is 18.3 Å². The van der Waals surface area contributed by atoms with Crippen molar-refractivity contribution in [3.63, 3.8) is 0 Å². The van der Waals surface area contributed by atoms with Crippen LogP contribution < -0.4 is 15.4 Å². The molecule has 32 heavy (non-hydrogen) atoms. The zero-order chi connectivity index (χ0) is 24.0. The summed E-state index contributed by atoms with van der Waals surface area (Å²) in [4.78, 5) is 16.8. The van der Waals surface area contributed by atoms with Crippen LogP contribution in [-0.2, 0) is 11.2 Å². The second-order valence-corrected chi connectivity index (χ2v) is 8.94. The summed E-state index contributed by atoms with van der Waals surface area (Å²) in [5.41, 5.74) is 2.25. The lowest BCUT2D eigenvalue weighted by atomic mass is 10.1. The van der Waals surface area contributed by atoms with Crippen LogP contribution in [0.25, 0.3) is 0 Å². The van der Waals surface area contributed by atoms with Crippen LogP contribution in [0.15, 0.2) is 63.8 Å². The van der Waals surface area contributed by atoms with Gasteiger partial charge in [0.25, 0.3) is 0 Å². The van der Waals surface area contributed by atoms with Crippen LogP contribution in [-0.4, -0.2) is 42.4 Å². The average Bonchev–Trinajstić information content (AvgIpc) is 2.77. The van der Waals surface area contributed by atoms with Gasteiger partial charge >= 0.3 is 5.97 Å². The van der Waals surface area contributed by atoms with E-state index >= 15 is 0 Å². The molecule has 0 saturated heterocycles. The molecule has 0 aliphatic heterocycles. The van der Waals surface area contributed by atoms with Gasteiger partial charge in [-0.1, -0.05) is 36.8 Å². The van der Waals surface area contributed by atoms with E-state index in [0.717, 1.165) is 30.6 Å². The first-order valence-electron chi connectivity index (χ1n) is 10.7. The highest BCUT2D eigenvalue weighted by Gasteiger charge is 2.29. The number of aliphatic imine (C=N–C) groups is 1. The maximum atomic E-state index is 11.1. The standard InChI is InChI=1S/C25H37N3O3S/c1-7-22(28-16-19(2)8-9-20(3)32-6)17-27-18-26-15-14-21-10-12-23(13-11-21)31-25(4,5)24(29)30/h8-13,17-18,28H,7,14-16H2,1-6H3,(H,26,27)(H,29,30)/b19-8+,20-9+,22-17-. The molecule has 0 heterocycles. The van der Waals surface area contributed by atoms with Crippen molar-refractivity contribution in [2.75, 3.05) is 19.3 Å². The number of carboxylic acids is 1. The number of ether oxygens (including phenoxy) is 1. The van der Waals surface area contributed by atoms with Crippen molar-refractivity contribution >= 4 is 24.1 Å². The number of carbonyl (C=O) groups is 1. The number of aliphatic carboxylic acids is 1. The molecule has 0 aliphatic rings. The van der Waals surface area contributed by atoms with Gasteiger partial charge in [0.05, 0.1) is 6.34 Å². The van der Waals surface area contributed by atoms with Crippen LogP contribution >= 0.6 is 11.8 Å². The number of nitrogens with one attached hydrogen (secondary N) is 2. The maximum Gasteiger partial charge on any atom is 0.347 e. The summed E-state index contributed by atoms with van der Waals surface area (Å²) in [6, 6.07) is 7.44. The van der Waals surface area contributed by atoms with Crippen molar-refractivity contribution in [1.82, 2.24) is 10.6 Å². The van der Waals surface area contributed by atoms with Gasteiger partial charge in [-0.25, -0.2) is 4.79 Å². The van der Waals surface area contributed by atoms with Gasteiger partial charge in [0.15, 0.2) is 5.60 Å². The third-order valence-corrected chi connectivity index (χ3v) is 5.44. The van der Waals surface area contributed by atoms with Crippen molar-refractivity contribution in [2.45, 2.75) is 53.1 Å². The first-order valence-corrected chi connectivity index (χ1v) is 12.0. The molecule has 0 aromatic heterocycles. The largest absolute Gasteiger partial charge is 0.478 e. The summed E-state index contributed by atoms with van der Waals surface area (Å²) in [6.45, 7) is 10.8. The average molecular weight is 460 g/mol. The molecule has 0 saturated carbocycles. The third-order valence-electron chi connectivity index (χ3n) is 4.66. The lowest BCUT2D eigenvalue weighted by Crippen LogP contribution is -2.37. The quantitative estimate of drug-likeness (QED) is 0.203. The Kier molecular flexibility index (Phi) is 12.3. The van der Waals surface area contributed by atoms with E-state index < -0.39 is 11.6 Å². The lowest BCUT2D eigenvalue weighted by Gasteiger charge is -2.21. The second-order valence-electron chi connectivity index (χ2n) is 7.88. The van der Waals surface area contributed by atoms with E-state index in [1.54, 1.807) is 30.2 Å². The number of hydrogen-bond donors (Lipinski definition) is 3. The Morgan fingerprint density at radius 2 is 1.91 bits per heavy atom. The lowest BCUT2D eigenvalue weighted by molar-refractivity contribution is -0.152. The van der Waals surface area contributed by atoms with E-state index in [-0.39, 0.29) is 0 Å². The molecule has 7 heteroatoms. The molecule has 0 fully saturated rings. The van der Waals surface area contributed by atoms with Crippen LogP contribution in [0.3, 0.4) is 0 Å². The fourth-order valence-corrected chi connectivity index (χ4v) is 2.63. The van der Waals surface area contributed by atoms with Gasteiger partial charge in [-0.05, 0) is 69.4 Å². The molecule has 1 aromatic carbocycles. The van der Waals surface area contributed by atoms with Gasteiger partial charge in [0.2, 0.25) is 0 Å². The Bertz CT molecular complexity index is 840. The molecule has 6 nitrogen and oxygen atoms in total. The molecule has 176 valence electrons. The van der Waals surface area contributed by atoms with E-state index in [2.05, 4.69) is 54.8 Å². The maximum absolute atomic E-state index is 11.1. The number of allylic oxidation sites excluding steroid dienone is 4. The minimum Gasteiger partial charge on any atom is -0.478 e. The topological polar surface area (TPSA) is 83.0 Å². The predicted octanol–water partition coefficient (Wildman–Crippen LogP) is 5.14. The molecule has 0 spiro atoms. The highest BCUT2D eigenvalue weighted by molar-refractivity contribution is 8.02. The Morgan fingerprint density at radius 3 is 2.50 bits per heavy atom. The summed E-state index contributed by atoms with van der Waals surface area (Å²) in [5, 5.41) is 15.7. The van der Waals surface area contributed by atoms with Crippen LogP contribution in [0, 0.1) is 0 Å². The Hall–Kier alpha value is -2.67. The number of rotatable bonds is 14. The highest BCUT2D eigenvalue weighted by Crippen LogP contribution is 2.19. The van der Waals surface area contributed by atoms with Gasteiger partial charge < -0.3 is 20.5 Å². The summed E-state index contributed by atoms with van der Waals surface area (Å²) >= 11 is 1.75. The first kappa shape index (κ1) is 27.4. The van der Waals surface area contributed by atoms with Gasteiger partial charge in [0.1, 0.15) is 5.75 Å². The Balaban J connectivity index is 2.41. The van der Waals surface area contributed by atoms with Crippen LogP contribution in [0.1, 0.15) is 46.6 Å². The van der Waals surface area contributed by atoms with Gasteiger partial charge in [-0.15, -0.1) is 11.8 Å². The Morgan fingerprint density at radius 1 is 1.22 bits per heavy atom. The van der Waals surface area contributed by atoms with Crippen molar-refractivity contribution in [3.8, 4) is 5.75 Å². The molecule has 1 rings (SSSR count). The van der Waals surface area contributed by atoms with E-state index in [9.17, 15) is 4.79 Å². The van der Waals surface area contributed by atoms with Crippen LogP contribution in [0.4, 0.5) is 0 Å². The van der Waals surface area contributed by atoms with Crippen molar-refractivity contribution in [1.29, 1.82) is 0 Å². The number of carboxylic acid groups (broad SMARTS) is 1. The van der Waals surface area contributed by atoms with E-state index in [4.69, 9.17) is 9.84 Å². The molecule has 0 atom stereocenters. The molecule has 0 unspecified atom stereocenters. The van der Waals surface area contributed by atoms with E-state index in [0.29, 0.717) is 12.3 Å². The first-order chi connectivity index (χ1) is 15.2. The Labute approximate surface area is 196 Å². The summed E-state index contributed by atoms with van der Waals surface area (Å²) < 4.78 is 5.51. The number of thioether (sulfide) groups is 1. The normalized spacial score (nSPS) is 13.4. The van der Waals surface area contributed by atoms with E-state index in [1.165, 1.54) is 24.3 Å². The molecule has 0 amide bonds. The predicted molar refractivity (Wildman–Crippen MR) is 136 cm³/mol. The molecule has 0 radical (unpaired) electrons. The SMILES string of the molecule is CC/C(=C/NC=NCCc1ccc(OC(C)(C)C(=O)O)cc1)NC/C(C)=C/C=C(\C)SC. The number of hydrogen-bond acceptors (Lipinski definition) is 5. The number of benzene rings is 1. The monoisotopic (exact) mass is 459 g/mol. The fraction of sp³-hybridized carbons (Fsp3) is 0.440. The van der Waals surface area contributed by atoms with Crippen molar-refractivity contribution in [2.24, 2.45) is 4.99 Å². The number of nitrogens with zero attached hydrogens (tertiary/aromatic N) is 1. The van der Waals surface area contributed by atoms with Gasteiger partial charge in [0, 0.05) is 25.0 Å². The van der Waals surface area contributed by atoms with Crippen LogP contribution in [0.2, 0.25) is 0 Å². The minimum absolute atomic E-state index is 0.538. The zero-order valence-corrected chi connectivity index (χ0v) is 20.9. The highest BCUT2D eigenvalue weighted by atomic mass is 32.2. The molecular weight excluding hydrogens is 422 g/mol. The molecule has 3 N–H and O–H groups in total. The zero-order valence-electron chi connectivity index (χ0n) is 20.1. The summed E-state index contributed by atoms with van der Waals surface area (Å²) in [7, 11) is 0. The molecule has 0 bridgehead atoms. The van der Waals surface area contributed by atoms with Crippen molar-refractivity contribution in [3.05, 3.63) is 64.4 Å². The molecule has 0 aliphatic carbocycles.